The second-order valence-corrected chi connectivity index (χ2v) is 7.25. The fourth-order valence-corrected chi connectivity index (χ4v) is 3.30. The van der Waals surface area contributed by atoms with E-state index in [4.69, 9.17) is 4.42 Å². The normalized spacial score (nSPS) is 11.2. The Balaban J connectivity index is 1.62. The summed E-state index contributed by atoms with van der Waals surface area (Å²) in [6.07, 6.45) is 4.08. The standard InChI is InChI=1S/C24H18BrNO2/c25-19-14-12-18(13-15-19)23(27)24-22(20-10-4-5-11-21(20)28-24)26-16-6-9-17-7-2-1-3-8-17/h1-15,26H,16H2/b9-6+. The number of carbonyl (C=O) groups is 1. The lowest BCUT2D eigenvalue weighted by molar-refractivity contribution is 0.101. The molecule has 0 unspecified atom stereocenters. The number of anilines is 1. The lowest BCUT2D eigenvalue weighted by Crippen LogP contribution is -2.06. The number of ketones is 1. The maximum absolute atomic E-state index is 13.0. The highest BCUT2D eigenvalue weighted by Gasteiger charge is 2.21. The number of halogens is 1. The molecule has 138 valence electrons. The summed E-state index contributed by atoms with van der Waals surface area (Å²) < 4.78 is 6.84. The fraction of sp³-hybridized carbons (Fsp3) is 0.0417. The summed E-state index contributed by atoms with van der Waals surface area (Å²) in [7, 11) is 0. The monoisotopic (exact) mass is 431 g/mol. The minimum Gasteiger partial charge on any atom is -0.450 e. The molecule has 0 aliphatic heterocycles. The molecule has 4 heteroatoms. The van der Waals surface area contributed by atoms with E-state index in [-0.39, 0.29) is 5.78 Å². The first-order valence-electron chi connectivity index (χ1n) is 8.99. The Morgan fingerprint density at radius 3 is 2.43 bits per heavy atom. The van der Waals surface area contributed by atoms with E-state index in [0.717, 1.165) is 21.1 Å². The van der Waals surface area contributed by atoms with Gasteiger partial charge in [-0.15, -0.1) is 0 Å². The largest absolute Gasteiger partial charge is 0.450 e. The van der Waals surface area contributed by atoms with Gasteiger partial charge in [0, 0.05) is 22.0 Å². The minimum atomic E-state index is -0.141. The second-order valence-electron chi connectivity index (χ2n) is 6.33. The molecule has 0 spiro atoms. The summed E-state index contributed by atoms with van der Waals surface area (Å²) in [5.74, 6) is 0.190. The molecule has 0 saturated heterocycles. The van der Waals surface area contributed by atoms with Crippen molar-refractivity contribution in [3.05, 3.63) is 106 Å². The molecule has 3 nitrogen and oxygen atoms in total. The number of fused-ring (bicyclic) bond motifs is 1. The van der Waals surface area contributed by atoms with Crippen LogP contribution in [0.4, 0.5) is 5.69 Å². The summed E-state index contributed by atoms with van der Waals surface area (Å²) in [6.45, 7) is 0.582. The van der Waals surface area contributed by atoms with Gasteiger partial charge in [0.2, 0.25) is 5.78 Å². The third kappa shape index (κ3) is 3.92. The Morgan fingerprint density at radius 2 is 1.64 bits per heavy atom. The SMILES string of the molecule is O=C(c1ccc(Br)cc1)c1oc2ccccc2c1NC/C=C/c1ccccc1. The topological polar surface area (TPSA) is 42.2 Å². The van der Waals surface area contributed by atoms with Crippen LogP contribution in [0.1, 0.15) is 21.7 Å². The Kier molecular flexibility index (Phi) is 5.40. The van der Waals surface area contributed by atoms with E-state index in [1.165, 1.54) is 0 Å². The number of nitrogens with one attached hydrogen (secondary N) is 1. The van der Waals surface area contributed by atoms with Gasteiger partial charge in [-0.05, 0) is 42.0 Å². The van der Waals surface area contributed by atoms with Crippen LogP contribution in [-0.2, 0) is 0 Å². The first-order valence-corrected chi connectivity index (χ1v) is 9.79. The van der Waals surface area contributed by atoms with Crippen LogP contribution in [0.25, 0.3) is 17.0 Å². The molecule has 0 radical (unpaired) electrons. The van der Waals surface area contributed by atoms with Crippen molar-refractivity contribution in [2.24, 2.45) is 0 Å². The van der Waals surface area contributed by atoms with Gasteiger partial charge >= 0.3 is 0 Å². The van der Waals surface area contributed by atoms with Crippen LogP contribution in [0, 0.1) is 0 Å². The van der Waals surface area contributed by atoms with E-state index in [9.17, 15) is 4.79 Å². The van der Waals surface area contributed by atoms with Crippen molar-refractivity contribution in [2.45, 2.75) is 0 Å². The number of furan rings is 1. The maximum Gasteiger partial charge on any atom is 0.230 e. The molecule has 1 heterocycles. The van der Waals surface area contributed by atoms with Crippen LogP contribution in [-0.4, -0.2) is 12.3 Å². The number of hydrogen-bond acceptors (Lipinski definition) is 3. The van der Waals surface area contributed by atoms with Gasteiger partial charge in [-0.25, -0.2) is 0 Å². The molecule has 0 amide bonds. The molecular weight excluding hydrogens is 414 g/mol. The third-order valence-corrected chi connectivity index (χ3v) is 4.94. The van der Waals surface area contributed by atoms with Crippen molar-refractivity contribution in [1.82, 2.24) is 0 Å². The predicted molar refractivity (Wildman–Crippen MR) is 118 cm³/mol. The van der Waals surface area contributed by atoms with Crippen LogP contribution in [0.2, 0.25) is 0 Å². The van der Waals surface area contributed by atoms with E-state index in [2.05, 4.69) is 21.2 Å². The summed E-state index contributed by atoms with van der Waals surface area (Å²) >= 11 is 3.40. The van der Waals surface area contributed by atoms with Gasteiger partial charge < -0.3 is 9.73 Å². The molecule has 4 rings (SSSR count). The van der Waals surface area contributed by atoms with Gasteiger partial charge in [-0.1, -0.05) is 70.5 Å². The summed E-state index contributed by atoms with van der Waals surface area (Å²) in [4.78, 5) is 13.0. The Bertz CT molecular complexity index is 1130. The number of benzene rings is 3. The lowest BCUT2D eigenvalue weighted by atomic mass is 10.1. The molecule has 0 saturated carbocycles. The van der Waals surface area contributed by atoms with Gasteiger partial charge in [0.05, 0.1) is 5.69 Å². The van der Waals surface area contributed by atoms with Crippen LogP contribution >= 0.6 is 15.9 Å². The number of hydrogen-bond donors (Lipinski definition) is 1. The van der Waals surface area contributed by atoms with Crippen LogP contribution in [0.15, 0.2) is 93.8 Å². The zero-order chi connectivity index (χ0) is 19.3. The zero-order valence-electron chi connectivity index (χ0n) is 15.1. The zero-order valence-corrected chi connectivity index (χ0v) is 16.6. The highest BCUT2D eigenvalue weighted by Crippen LogP contribution is 2.32. The van der Waals surface area contributed by atoms with Gasteiger partial charge in [-0.2, -0.15) is 0 Å². The van der Waals surface area contributed by atoms with Crippen molar-refractivity contribution >= 4 is 44.4 Å². The molecule has 1 aromatic heterocycles. The number of carbonyl (C=O) groups excluding carboxylic acids is 1. The van der Waals surface area contributed by atoms with Crippen LogP contribution in [0.5, 0.6) is 0 Å². The maximum atomic E-state index is 13.0. The van der Waals surface area contributed by atoms with E-state index < -0.39 is 0 Å². The molecule has 0 bridgehead atoms. The van der Waals surface area contributed by atoms with E-state index in [0.29, 0.717) is 23.5 Å². The molecule has 1 N–H and O–H groups in total. The predicted octanol–water partition coefficient (Wildman–Crippen LogP) is 6.55. The van der Waals surface area contributed by atoms with Gasteiger partial charge in [0.25, 0.3) is 0 Å². The van der Waals surface area contributed by atoms with Crippen molar-refractivity contribution in [3.8, 4) is 0 Å². The summed E-state index contributed by atoms with van der Waals surface area (Å²) in [6, 6.07) is 25.1. The molecule has 3 aromatic carbocycles. The molecule has 0 aliphatic rings. The molecule has 28 heavy (non-hydrogen) atoms. The Morgan fingerprint density at radius 1 is 0.929 bits per heavy atom. The number of para-hydroxylation sites is 1. The second kappa shape index (κ2) is 8.28. The van der Waals surface area contributed by atoms with E-state index in [1.807, 2.05) is 78.9 Å². The molecule has 0 atom stereocenters. The average Bonchev–Trinajstić information content (AvgIpc) is 3.11. The van der Waals surface area contributed by atoms with E-state index >= 15 is 0 Å². The first-order chi connectivity index (χ1) is 13.7. The average molecular weight is 432 g/mol. The van der Waals surface area contributed by atoms with Gasteiger partial charge in [0.15, 0.2) is 5.76 Å². The summed E-state index contributed by atoms with van der Waals surface area (Å²) in [5.41, 5.74) is 3.14. The third-order valence-electron chi connectivity index (χ3n) is 4.41. The molecular formula is C24H18BrNO2. The summed E-state index contributed by atoms with van der Waals surface area (Å²) in [5, 5.41) is 4.26. The Labute approximate surface area is 171 Å². The van der Waals surface area contributed by atoms with Crippen molar-refractivity contribution in [1.29, 1.82) is 0 Å². The molecule has 0 fully saturated rings. The van der Waals surface area contributed by atoms with Crippen LogP contribution in [0.3, 0.4) is 0 Å². The smallest absolute Gasteiger partial charge is 0.230 e. The fourth-order valence-electron chi connectivity index (χ4n) is 3.03. The van der Waals surface area contributed by atoms with Crippen molar-refractivity contribution < 1.29 is 9.21 Å². The molecule has 0 aliphatic carbocycles. The number of rotatable bonds is 6. The van der Waals surface area contributed by atoms with Gasteiger partial charge in [0.1, 0.15) is 5.58 Å². The van der Waals surface area contributed by atoms with Crippen molar-refractivity contribution in [2.75, 3.05) is 11.9 Å². The van der Waals surface area contributed by atoms with Crippen molar-refractivity contribution in [3.63, 3.8) is 0 Å². The Hall–Kier alpha value is -3.11. The first kappa shape index (κ1) is 18.3. The molecule has 4 aromatic rings. The minimum absolute atomic E-state index is 0.141. The highest BCUT2D eigenvalue weighted by atomic mass is 79.9. The highest BCUT2D eigenvalue weighted by molar-refractivity contribution is 9.10. The van der Waals surface area contributed by atoms with Gasteiger partial charge in [-0.3, -0.25) is 4.79 Å². The lowest BCUT2D eigenvalue weighted by Gasteiger charge is -2.05. The quantitative estimate of drug-likeness (QED) is 0.351. The van der Waals surface area contributed by atoms with E-state index in [1.54, 1.807) is 12.1 Å². The van der Waals surface area contributed by atoms with Crippen LogP contribution < -0.4 is 5.32 Å².